The zero-order valence-electron chi connectivity index (χ0n) is 12.3. The summed E-state index contributed by atoms with van der Waals surface area (Å²) in [5.41, 5.74) is 2.67. The molecule has 3 heteroatoms. The van der Waals surface area contributed by atoms with Gasteiger partial charge in [-0.3, -0.25) is 0 Å². The van der Waals surface area contributed by atoms with E-state index in [9.17, 15) is 0 Å². The van der Waals surface area contributed by atoms with Crippen LogP contribution in [0.15, 0.2) is 18.2 Å². The average molecular weight is 384 g/mol. The van der Waals surface area contributed by atoms with E-state index in [4.69, 9.17) is 0 Å². The summed E-state index contributed by atoms with van der Waals surface area (Å²) in [5, 5.41) is 7.55. The van der Waals surface area contributed by atoms with Crippen molar-refractivity contribution in [3.05, 3.63) is 27.3 Å². The molecule has 110 valence electrons. The first-order valence-electron chi connectivity index (χ1n) is 8.00. The second kappa shape index (κ2) is 6.65. The number of halogens is 1. The standard InChI is InChI=1S/C17H25IN2/c1-12-8-9-13(11-15(12)18)20-17-6-3-2-5-14(17)16-7-4-10-19-16/h8-9,11,14,16-17,19-20H,2-7,10H2,1H3. The molecule has 2 aliphatic rings. The van der Waals surface area contributed by atoms with Crippen molar-refractivity contribution in [1.82, 2.24) is 5.32 Å². The van der Waals surface area contributed by atoms with E-state index in [0.717, 1.165) is 12.0 Å². The number of rotatable bonds is 3. The van der Waals surface area contributed by atoms with Gasteiger partial charge in [-0.05, 0) is 85.4 Å². The molecule has 2 nitrogen and oxygen atoms in total. The Balaban J connectivity index is 1.71. The molecule has 0 spiro atoms. The summed E-state index contributed by atoms with van der Waals surface area (Å²) in [6.45, 7) is 3.40. The smallest absolute Gasteiger partial charge is 0.0353 e. The minimum atomic E-state index is 0.651. The van der Waals surface area contributed by atoms with Crippen molar-refractivity contribution in [2.45, 2.75) is 57.5 Å². The van der Waals surface area contributed by atoms with Crippen molar-refractivity contribution >= 4 is 28.3 Å². The van der Waals surface area contributed by atoms with Gasteiger partial charge in [0.25, 0.3) is 0 Å². The molecule has 3 atom stereocenters. The summed E-state index contributed by atoms with van der Waals surface area (Å²) in [6.07, 6.45) is 8.23. The Hall–Kier alpha value is -0.290. The van der Waals surface area contributed by atoms with Gasteiger partial charge in [0.05, 0.1) is 0 Å². The van der Waals surface area contributed by atoms with Crippen LogP contribution in [0.4, 0.5) is 5.69 Å². The van der Waals surface area contributed by atoms with E-state index in [-0.39, 0.29) is 0 Å². The second-order valence-electron chi connectivity index (χ2n) is 6.37. The van der Waals surface area contributed by atoms with Gasteiger partial charge in [-0.25, -0.2) is 0 Å². The third kappa shape index (κ3) is 3.30. The average Bonchev–Trinajstić information content (AvgIpc) is 2.97. The monoisotopic (exact) mass is 384 g/mol. The molecule has 1 aromatic carbocycles. The van der Waals surface area contributed by atoms with Crippen LogP contribution in [-0.4, -0.2) is 18.6 Å². The molecule has 1 saturated heterocycles. The van der Waals surface area contributed by atoms with Gasteiger partial charge in [-0.15, -0.1) is 0 Å². The second-order valence-corrected chi connectivity index (χ2v) is 7.53. The van der Waals surface area contributed by atoms with Crippen molar-refractivity contribution in [1.29, 1.82) is 0 Å². The number of benzene rings is 1. The van der Waals surface area contributed by atoms with E-state index in [1.54, 1.807) is 0 Å². The summed E-state index contributed by atoms with van der Waals surface area (Å²) in [4.78, 5) is 0. The summed E-state index contributed by atoms with van der Waals surface area (Å²) in [7, 11) is 0. The van der Waals surface area contributed by atoms with E-state index in [0.29, 0.717) is 6.04 Å². The molecule has 2 N–H and O–H groups in total. The Morgan fingerprint density at radius 2 is 2.00 bits per heavy atom. The normalized spacial score (nSPS) is 30.4. The molecule has 0 radical (unpaired) electrons. The highest BCUT2D eigenvalue weighted by Crippen LogP contribution is 2.33. The first-order chi connectivity index (χ1) is 9.74. The van der Waals surface area contributed by atoms with Crippen LogP contribution in [0.2, 0.25) is 0 Å². The Morgan fingerprint density at radius 1 is 1.15 bits per heavy atom. The molecule has 1 aromatic rings. The van der Waals surface area contributed by atoms with Gasteiger partial charge in [0.1, 0.15) is 0 Å². The molecular formula is C17H25IN2. The van der Waals surface area contributed by atoms with Crippen LogP contribution in [0.1, 0.15) is 44.1 Å². The van der Waals surface area contributed by atoms with Crippen LogP contribution < -0.4 is 10.6 Å². The van der Waals surface area contributed by atoms with Crippen molar-refractivity contribution in [2.24, 2.45) is 5.92 Å². The lowest BCUT2D eigenvalue weighted by molar-refractivity contribution is 0.263. The number of hydrogen-bond acceptors (Lipinski definition) is 2. The fourth-order valence-corrected chi connectivity index (χ4v) is 4.31. The van der Waals surface area contributed by atoms with Crippen LogP contribution in [0.25, 0.3) is 0 Å². The van der Waals surface area contributed by atoms with E-state index in [1.807, 2.05) is 0 Å². The summed E-state index contributed by atoms with van der Waals surface area (Å²) < 4.78 is 1.36. The summed E-state index contributed by atoms with van der Waals surface area (Å²) in [5.74, 6) is 0.810. The quantitative estimate of drug-likeness (QED) is 0.759. The zero-order chi connectivity index (χ0) is 13.9. The minimum Gasteiger partial charge on any atom is -0.382 e. The first-order valence-corrected chi connectivity index (χ1v) is 9.08. The molecule has 0 bridgehead atoms. The Bertz CT molecular complexity index is 454. The molecular weight excluding hydrogens is 359 g/mol. The predicted molar refractivity (Wildman–Crippen MR) is 94.3 cm³/mol. The predicted octanol–water partition coefficient (Wildman–Crippen LogP) is 4.32. The lowest BCUT2D eigenvalue weighted by Gasteiger charge is -2.37. The topological polar surface area (TPSA) is 24.1 Å². The maximum atomic E-state index is 3.83. The highest BCUT2D eigenvalue weighted by molar-refractivity contribution is 14.1. The summed E-state index contributed by atoms with van der Waals surface area (Å²) in [6, 6.07) is 8.17. The van der Waals surface area contributed by atoms with E-state index >= 15 is 0 Å². The molecule has 1 aliphatic carbocycles. The highest BCUT2D eigenvalue weighted by Gasteiger charge is 2.33. The third-order valence-corrected chi connectivity index (χ3v) is 6.12. The minimum absolute atomic E-state index is 0.651. The molecule has 3 rings (SSSR count). The third-order valence-electron chi connectivity index (χ3n) is 4.96. The molecule has 0 amide bonds. The van der Waals surface area contributed by atoms with Gasteiger partial charge >= 0.3 is 0 Å². The van der Waals surface area contributed by atoms with Crippen molar-refractivity contribution < 1.29 is 0 Å². The van der Waals surface area contributed by atoms with Crippen LogP contribution in [0, 0.1) is 16.4 Å². The molecule has 3 unspecified atom stereocenters. The highest BCUT2D eigenvalue weighted by atomic mass is 127. The largest absolute Gasteiger partial charge is 0.382 e. The Morgan fingerprint density at radius 3 is 2.75 bits per heavy atom. The van der Waals surface area contributed by atoms with Crippen molar-refractivity contribution in [3.8, 4) is 0 Å². The van der Waals surface area contributed by atoms with Gasteiger partial charge in [-0.2, -0.15) is 0 Å². The molecule has 2 fully saturated rings. The van der Waals surface area contributed by atoms with Crippen molar-refractivity contribution in [2.75, 3.05) is 11.9 Å². The van der Waals surface area contributed by atoms with Crippen LogP contribution in [0.5, 0.6) is 0 Å². The lowest BCUT2D eigenvalue weighted by atomic mass is 9.79. The fraction of sp³-hybridized carbons (Fsp3) is 0.647. The van der Waals surface area contributed by atoms with E-state index in [2.05, 4.69) is 58.3 Å². The maximum Gasteiger partial charge on any atom is 0.0353 e. The van der Waals surface area contributed by atoms with Gasteiger partial charge in [-0.1, -0.05) is 18.9 Å². The number of hydrogen-bond donors (Lipinski definition) is 2. The molecule has 1 saturated carbocycles. The SMILES string of the molecule is Cc1ccc(NC2CCCCC2C2CCCN2)cc1I. The lowest BCUT2D eigenvalue weighted by Crippen LogP contribution is -2.43. The number of anilines is 1. The van der Waals surface area contributed by atoms with Crippen LogP contribution in [0.3, 0.4) is 0 Å². The van der Waals surface area contributed by atoms with Gasteiger partial charge in [0, 0.05) is 21.3 Å². The molecule has 1 aliphatic heterocycles. The maximum absolute atomic E-state index is 3.83. The van der Waals surface area contributed by atoms with Crippen molar-refractivity contribution in [3.63, 3.8) is 0 Å². The van der Waals surface area contributed by atoms with Crippen LogP contribution in [-0.2, 0) is 0 Å². The van der Waals surface area contributed by atoms with Gasteiger partial charge in [0.2, 0.25) is 0 Å². The summed E-state index contributed by atoms with van der Waals surface area (Å²) >= 11 is 2.44. The Kier molecular flexibility index (Phi) is 4.87. The van der Waals surface area contributed by atoms with Gasteiger partial charge < -0.3 is 10.6 Å². The molecule has 20 heavy (non-hydrogen) atoms. The van der Waals surface area contributed by atoms with E-state index < -0.39 is 0 Å². The fourth-order valence-electron chi connectivity index (χ4n) is 3.79. The molecule has 1 heterocycles. The van der Waals surface area contributed by atoms with E-state index in [1.165, 1.54) is 59.9 Å². The number of nitrogens with one attached hydrogen (secondary N) is 2. The van der Waals surface area contributed by atoms with Gasteiger partial charge in [0.15, 0.2) is 0 Å². The molecule has 0 aromatic heterocycles. The Labute approximate surface area is 136 Å². The first kappa shape index (κ1) is 14.6. The van der Waals surface area contributed by atoms with Crippen LogP contribution >= 0.6 is 22.6 Å². The zero-order valence-corrected chi connectivity index (χ0v) is 14.4. The number of aryl methyl sites for hydroxylation is 1.